The molecule has 2 heterocycles. The zero-order valence-corrected chi connectivity index (χ0v) is 22.7. The van der Waals surface area contributed by atoms with Crippen LogP contribution in [0.4, 0.5) is 0 Å². The Kier molecular flexibility index (Phi) is 7.33. The molecule has 200 valence electrons. The van der Waals surface area contributed by atoms with Crippen LogP contribution in [0.25, 0.3) is 21.8 Å². The van der Waals surface area contributed by atoms with Gasteiger partial charge in [0, 0.05) is 35.5 Å². The molecule has 1 aromatic heterocycles. The van der Waals surface area contributed by atoms with Crippen LogP contribution in [-0.2, 0) is 16.2 Å². The topological polar surface area (TPSA) is 87.0 Å². The highest BCUT2D eigenvalue weighted by Gasteiger charge is 2.34. The number of ketones is 2. The third kappa shape index (κ3) is 4.85. The van der Waals surface area contributed by atoms with Crippen molar-refractivity contribution in [2.75, 3.05) is 0 Å². The summed E-state index contributed by atoms with van der Waals surface area (Å²) >= 11 is 0. The lowest BCUT2D eigenvalue weighted by atomic mass is 9.97. The molecule has 5 rings (SSSR count). The lowest BCUT2D eigenvalue weighted by Crippen LogP contribution is -2.13. The Morgan fingerprint density at radius 1 is 1.05 bits per heavy atom. The van der Waals surface area contributed by atoms with Gasteiger partial charge in [-0.2, -0.15) is 0 Å². The van der Waals surface area contributed by atoms with Crippen molar-refractivity contribution in [2.45, 2.75) is 59.9 Å². The lowest BCUT2D eigenvalue weighted by Gasteiger charge is -2.17. The first-order valence-electron chi connectivity index (χ1n) is 13.5. The molecule has 1 atom stereocenters. The molecule has 1 aliphatic heterocycles. The minimum atomic E-state index is -0.645. The molecule has 0 amide bonds. The molecule has 0 fully saturated rings. The van der Waals surface area contributed by atoms with E-state index in [-0.39, 0.29) is 11.7 Å². The number of carbonyl (C=O) groups excluding carboxylic acids is 3. The van der Waals surface area contributed by atoms with Crippen LogP contribution in [0, 0.1) is 12.8 Å². The van der Waals surface area contributed by atoms with Crippen molar-refractivity contribution in [3.63, 3.8) is 0 Å². The number of benzene rings is 3. The fraction of sp³-hybridized carbons (Fsp3) is 0.312. The Bertz CT molecular complexity index is 1650. The molecule has 0 radical (unpaired) electrons. The van der Waals surface area contributed by atoms with Gasteiger partial charge in [-0.25, -0.2) is 4.79 Å². The van der Waals surface area contributed by atoms with Gasteiger partial charge < -0.3 is 14.1 Å². The number of oxime groups is 1. The van der Waals surface area contributed by atoms with E-state index in [1.807, 2.05) is 55.5 Å². The van der Waals surface area contributed by atoms with Gasteiger partial charge in [0.15, 0.2) is 11.5 Å². The molecular formula is C32H32N2O5. The molecule has 0 aliphatic carbocycles. The van der Waals surface area contributed by atoms with E-state index < -0.39 is 11.8 Å². The van der Waals surface area contributed by atoms with E-state index >= 15 is 0 Å². The molecule has 0 saturated heterocycles. The smallest absolute Gasteiger partial charge is 0.332 e. The number of hydrogen-bond acceptors (Lipinski definition) is 6. The van der Waals surface area contributed by atoms with E-state index in [1.54, 1.807) is 6.07 Å². The largest absolute Gasteiger partial charge is 0.432 e. The maximum atomic E-state index is 13.5. The number of aromatic nitrogens is 1. The van der Waals surface area contributed by atoms with Crippen LogP contribution < -0.4 is 4.74 Å². The summed E-state index contributed by atoms with van der Waals surface area (Å²) in [5, 5.41) is 5.21. The number of Topliss-reactive ketones (excluding diaryl/α,β-unsaturated/α-hetero) is 1. The van der Waals surface area contributed by atoms with Crippen LogP contribution in [0.5, 0.6) is 5.75 Å². The third-order valence-corrected chi connectivity index (χ3v) is 7.51. The zero-order chi connectivity index (χ0) is 27.7. The average Bonchev–Trinajstić information content (AvgIpc) is 3.43. The van der Waals surface area contributed by atoms with Crippen LogP contribution in [-0.4, -0.2) is 28.0 Å². The number of nitrogens with zero attached hydrogens (tertiary/aromatic N) is 2. The molecule has 39 heavy (non-hydrogen) atoms. The van der Waals surface area contributed by atoms with E-state index in [2.05, 4.69) is 23.6 Å². The minimum Gasteiger partial charge on any atom is -0.432 e. The summed E-state index contributed by atoms with van der Waals surface area (Å²) in [6.07, 6.45) is 4.47. The molecule has 0 bridgehead atoms. The van der Waals surface area contributed by atoms with E-state index in [4.69, 9.17) is 9.57 Å². The number of fused-ring (bicyclic) bond motifs is 5. The second kappa shape index (κ2) is 10.8. The summed E-state index contributed by atoms with van der Waals surface area (Å²) in [4.78, 5) is 42.5. The van der Waals surface area contributed by atoms with E-state index in [0.29, 0.717) is 28.4 Å². The molecule has 0 saturated carbocycles. The van der Waals surface area contributed by atoms with Crippen molar-refractivity contribution in [1.82, 2.24) is 4.57 Å². The number of ether oxygens (including phenoxy) is 1. The van der Waals surface area contributed by atoms with Gasteiger partial charge in [0.2, 0.25) is 0 Å². The first-order chi connectivity index (χ1) is 18.8. The van der Waals surface area contributed by atoms with Crippen molar-refractivity contribution in [3.8, 4) is 5.75 Å². The maximum absolute atomic E-state index is 13.5. The quantitative estimate of drug-likeness (QED) is 0.134. The highest BCUT2D eigenvalue weighted by atomic mass is 16.7. The minimum absolute atomic E-state index is 0.0630. The Balaban J connectivity index is 1.71. The molecular weight excluding hydrogens is 492 g/mol. The Labute approximate surface area is 227 Å². The predicted molar refractivity (Wildman–Crippen MR) is 152 cm³/mol. The summed E-state index contributed by atoms with van der Waals surface area (Å²) in [6, 6.07) is 17.0. The highest BCUT2D eigenvalue weighted by molar-refractivity contribution is 6.47. The first-order valence-corrected chi connectivity index (χ1v) is 13.5. The standard InChI is InChI=1S/C32H32N2O5/c1-5-7-11-21(6-2)18-34-26-15-13-22(29(36)23-12-9-8-10-19(23)3)17-25(26)28-27(34)16-14-24-30(37)32(38-31(24)28)33-39-20(4)35/h8-10,12-17,21H,5-7,11,18H2,1-4H3. The highest BCUT2D eigenvalue weighted by Crippen LogP contribution is 2.42. The van der Waals surface area contributed by atoms with E-state index in [9.17, 15) is 14.4 Å². The van der Waals surface area contributed by atoms with E-state index in [1.165, 1.54) is 6.92 Å². The molecule has 7 nitrogen and oxygen atoms in total. The fourth-order valence-electron chi connectivity index (χ4n) is 5.36. The molecule has 0 spiro atoms. The van der Waals surface area contributed by atoms with Gasteiger partial charge in [-0.05, 0) is 60.3 Å². The summed E-state index contributed by atoms with van der Waals surface area (Å²) in [5.41, 5.74) is 4.36. The fourth-order valence-corrected chi connectivity index (χ4v) is 5.36. The van der Waals surface area contributed by atoms with Crippen LogP contribution in [0.1, 0.15) is 78.3 Å². The Morgan fingerprint density at radius 3 is 2.54 bits per heavy atom. The summed E-state index contributed by atoms with van der Waals surface area (Å²) in [7, 11) is 0. The maximum Gasteiger partial charge on any atom is 0.332 e. The SMILES string of the molecule is CCCCC(CC)Cn1c2ccc(C(=O)c3ccccc3C)cc2c2c3c(ccc21)C(=O)C(=NOC(C)=O)O3. The number of aryl methyl sites for hydroxylation is 1. The lowest BCUT2D eigenvalue weighted by molar-refractivity contribution is -0.141. The Morgan fingerprint density at radius 2 is 1.82 bits per heavy atom. The second-order valence-corrected chi connectivity index (χ2v) is 10.1. The van der Waals surface area contributed by atoms with Crippen LogP contribution in [0.3, 0.4) is 0 Å². The average molecular weight is 525 g/mol. The molecule has 0 N–H and O–H groups in total. The number of unbranched alkanes of at least 4 members (excludes halogenated alkanes) is 1. The second-order valence-electron chi connectivity index (χ2n) is 10.1. The summed E-state index contributed by atoms with van der Waals surface area (Å²) in [6.45, 7) is 8.35. The third-order valence-electron chi connectivity index (χ3n) is 7.51. The van der Waals surface area contributed by atoms with Crippen LogP contribution in [0.2, 0.25) is 0 Å². The molecule has 4 aromatic rings. The normalized spacial score (nSPS) is 14.6. The molecule has 3 aromatic carbocycles. The zero-order valence-electron chi connectivity index (χ0n) is 22.7. The van der Waals surface area contributed by atoms with Gasteiger partial charge in [-0.15, -0.1) is 0 Å². The molecule has 1 aliphatic rings. The summed E-state index contributed by atoms with van der Waals surface area (Å²) < 4.78 is 8.20. The van der Waals surface area contributed by atoms with Gasteiger partial charge in [0.25, 0.3) is 5.78 Å². The van der Waals surface area contributed by atoms with Gasteiger partial charge in [-0.1, -0.05) is 57.4 Å². The summed E-state index contributed by atoms with van der Waals surface area (Å²) in [5.74, 6) is -0.588. The van der Waals surface area contributed by atoms with Gasteiger partial charge in [0.05, 0.1) is 16.5 Å². The number of rotatable bonds is 9. The van der Waals surface area contributed by atoms with Gasteiger partial charge in [-0.3, -0.25) is 9.59 Å². The first kappa shape index (κ1) is 26.4. The van der Waals surface area contributed by atoms with Gasteiger partial charge in [0.1, 0.15) is 0 Å². The van der Waals surface area contributed by atoms with Crippen molar-refractivity contribution < 1.29 is 24.0 Å². The predicted octanol–water partition coefficient (Wildman–Crippen LogP) is 7.00. The van der Waals surface area contributed by atoms with Crippen LogP contribution >= 0.6 is 0 Å². The van der Waals surface area contributed by atoms with Crippen LogP contribution in [0.15, 0.2) is 59.8 Å². The van der Waals surface area contributed by atoms with Crippen molar-refractivity contribution in [3.05, 3.63) is 76.9 Å². The van der Waals surface area contributed by atoms with Crippen molar-refractivity contribution in [1.29, 1.82) is 0 Å². The number of carbonyl (C=O) groups is 3. The Hall–Kier alpha value is -4.26. The van der Waals surface area contributed by atoms with Crippen molar-refractivity contribution in [2.24, 2.45) is 11.1 Å². The number of hydrogen-bond donors (Lipinski definition) is 0. The van der Waals surface area contributed by atoms with Gasteiger partial charge >= 0.3 is 11.9 Å². The monoisotopic (exact) mass is 524 g/mol. The van der Waals surface area contributed by atoms with E-state index in [0.717, 1.165) is 59.6 Å². The molecule has 1 unspecified atom stereocenters. The molecule has 7 heteroatoms. The van der Waals surface area contributed by atoms with Crippen molar-refractivity contribution >= 4 is 45.2 Å².